The first-order valence-electron chi connectivity index (χ1n) is 9.68. The molecule has 0 aliphatic carbocycles. The van der Waals surface area contributed by atoms with E-state index in [-0.39, 0.29) is 23.3 Å². The van der Waals surface area contributed by atoms with Gasteiger partial charge in [0.15, 0.2) is 0 Å². The minimum Gasteiger partial charge on any atom is -0.350 e. The molecule has 7 nitrogen and oxygen atoms in total. The summed E-state index contributed by atoms with van der Waals surface area (Å²) in [5, 5.41) is 5.99. The molecule has 0 spiro atoms. The maximum absolute atomic E-state index is 12.8. The average molecular weight is 393 g/mol. The van der Waals surface area contributed by atoms with Crippen molar-refractivity contribution in [2.75, 3.05) is 23.7 Å². The van der Waals surface area contributed by atoms with Crippen molar-refractivity contribution in [2.24, 2.45) is 0 Å². The summed E-state index contributed by atoms with van der Waals surface area (Å²) in [7, 11) is 0. The smallest absolute Gasteiger partial charge is 0.253 e. The molecule has 1 aliphatic rings. The van der Waals surface area contributed by atoms with E-state index in [2.05, 4.69) is 48.0 Å². The Morgan fingerprint density at radius 2 is 1.83 bits per heavy atom. The van der Waals surface area contributed by atoms with Crippen LogP contribution in [0.5, 0.6) is 0 Å². The van der Waals surface area contributed by atoms with Crippen LogP contribution < -0.4 is 10.6 Å². The van der Waals surface area contributed by atoms with E-state index in [1.807, 2.05) is 17.3 Å². The van der Waals surface area contributed by atoms with Crippen molar-refractivity contribution < 1.29 is 9.59 Å². The lowest BCUT2D eigenvalue weighted by atomic mass is 9.89. The number of hydrogen-bond acceptors (Lipinski definition) is 5. The fourth-order valence-electron chi connectivity index (χ4n) is 3.11. The standard InChI is InChI=1S/C22H27N5O2/c1-5-19(28)25-17-8-6-15(7-9-17)20(29)27-11-10-18(14-27)26-21-23-12-16(13-24-21)22(2,3)4/h5-9,12-13,18H,1,10-11,14H2,2-4H3,(H,25,28)(H,23,24,26)/t18-/m1/s1. The maximum atomic E-state index is 12.8. The van der Waals surface area contributed by atoms with Crippen LogP contribution in [0.25, 0.3) is 0 Å². The van der Waals surface area contributed by atoms with Crippen LogP contribution in [0, 0.1) is 0 Å². The number of nitrogens with one attached hydrogen (secondary N) is 2. The lowest BCUT2D eigenvalue weighted by molar-refractivity contribution is -0.111. The van der Waals surface area contributed by atoms with Crippen LogP contribution in [0.1, 0.15) is 43.1 Å². The van der Waals surface area contributed by atoms with Gasteiger partial charge in [0.05, 0.1) is 0 Å². The second-order valence-corrected chi connectivity index (χ2v) is 8.20. The molecule has 2 heterocycles. The first-order valence-corrected chi connectivity index (χ1v) is 9.68. The summed E-state index contributed by atoms with van der Waals surface area (Å²) in [6.45, 7) is 11.1. The van der Waals surface area contributed by atoms with Gasteiger partial charge in [-0.1, -0.05) is 27.4 Å². The lowest BCUT2D eigenvalue weighted by Gasteiger charge is -2.19. The Morgan fingerprint density at radius 1 is 1.17 bits per heavy atom. The van der Waals surface area contributed by atoms with Gasteiger partial charge in [0.1, 0.15) is 0 Å². The summed E-state index contributed by atoms with van der Waals surface area (Å²) in [4.78, 5) is 34.7. The second-order valence-electron chi connectivity index (χ2n) is 8.20. The van der Waals surface area contributed by atoms with E-state index >= 15 is 0 Å². The molecule has 2 N–H and O–H groups in total. The number of anilines is 2. The first-order chi connectivity index (χ1) is 13.8. The minimum atomic E-state index is -0.282. The van der Waals surface area contributed by atoms with Crippen molar-refractivity contribution in [3.63, 3.8) is 0 Å². The lowest BCUT2D eigenvalue weighted by Crippen LogP contribution is -2.31. The van der Waals surface area contributed by atoms with E-state index in [1.165, 1.54) is 6.08 Å². The van der Waals surface area contributed by atoms with Crippen LogP contribution >= 0.6 is 0 Å². The highest BCUT2D eigenvalue weighted by atomic mass is 16.2. The number of amides is 2. The molecule has 0 unspecified atom stereocenters. The molecule has 29 heavy (non-hydrogen) atoms. The Bertz CT molecular complexity index is 885. The average Bonchev–Trinajstić information content (AvgIpc) is 3.16. The molecular weight excluding hydrogens is 366 g/mol. The van der Waals surface area contributed by atoms with Crippen LogP contribution in [-0.4, -0.2) is 45.8 Å². The zero-order valence-electron chi connectivity index (χ0n) is 17.1. The van der Waals surface area contributed by atoms with E-state index in [1.54, 1.807) is 24.3 Å². The van der Waals surface area contributed by atoms with Gasteiger partial charge in [0, 0.05) is 42.8 Å². The van der Waals surface area contributed by atoms with Gasteiger partial charge in [-0.15, -0.1) is 0 Å². The summed E-state index contributed by atoms with van der Waals surface area (Å²) >= 11 is 0. The largest absolute Gasteiger partial charge is 0.350 e. The van der Waals surface area contributed by atoms with Crippen molar-refractivity contribution >= 4 is 23.5 Å². The molecule has 1 aliphatic heterocycles. The molecule has 2 amide bonds. The molecule has 3 rings (SSSR count). The maximum Gasteiger partial charge on any atom is 0.253 e. The molecule has 0 radical (unpaired) electrons. The Balaban J connectivity index is 1.56. The molecule has 1 saturated heterocycles. The van der Waals surface area contributed by atoms with E-state index in [0.717, 1.165) is 12.0 Å². The van der Waals surface area contributed by atoms with Gasteiger partial charge in [0.25, 0.3) is 5.91 Å². The number of carbonyl (C=O) groups excluding carboxylic acids is 2. The molecule has 152 valence electrons. The summed E-state index contributed by atoms with van der Waals surface area (Å²) < 4.78 is 0. The highest BCUT2D eigenvalue weighted by molar-refractivity contribution is 5.99. The van der Waals surface area contributed by atoms with Crippen molar-refractivity contribution in [2.45, 2.75) is 38.6 Å². The van der Waals surface area contributed by atoms with Crippen LogP contribution in [0.3, 0.4) is 0 Å². The number of rotatable bonds is 5. The van der Waals surface area contributed by atoms with Crippen molar-refractivity contribution in [1.29, 1.82) is 0 Å². The molecule has 0 bridgehead atoms. The van der Waals surface area contributed by atoms with Gasteiger partial charge in [0.2, 0.25) is 11.9 Å². The Kier molecular flexibility index (Phi) is 5.96. The number of benzene rings is 1. The summed E-state index contributed by atoms with van der Waals surface area (Å²) in [5.74, 6) is 0.273. The number of aromatic nitrogens is 2. The molecule has 1 aromatic carbocycles. The monoisotopic (exact) mass is 393 g/mol. The van der Waals surface area contributed by atoms with Gasteiger partial charge in [-0.05, 0) is 47.7 Å². The topological polar surface area (TPSA) is 87.2 Å². The molecule has 7 heteroatoms. The van der Waals surface area contributed by atoms with Gasteiger partial charge < -0.3 is 15.5 Å². The Labute approximate surface area is 171 Å². The molecule has 2 aromatic rings. The normalized spacial score (nSPS) is 16.4. The Hall–Kier alpha value is -3.22. The van der Waals surface area contributed by atoms with Gasteiger partial charge >= 0.3 is 0 Å². The predicted octanol–water partition coefficient (Wildman–Crippen LogP) is 3.23. The van der Waals surface area contributed by atoms with E-state index in [0.29, 0.717) is 30.3 Å². The van der Waals surface area contributed by atoms with E-state index in [4.69, 9.17) is 0 Å². The second kappa shape index (κ2) is 8.43. The quantitative estimate of drug-likeness (QED) is 0.762. The first kappa shape index (κ1) is 20.5. The number of nitrogens with zero attached hydrogens (tertiary/aromatic N) is 3. The van der Waals surface area contributed by atoms with Crippen molar-refractivity contribution in [3.8, 4) is 0 Å². The number of hydrogen-bond donors (Lipinski definition) is 2. The molecular formula is C22H27N5O2. The number of carbonyl (C=O) groups is 2. The third-order valence-corrected chi connectivity index (χ3v) is 4.91. The van der Waals surface area contributed by atoms with Gasteiger partial charge in [-0.2, -0.15) is 0 Å². The fourth-order valence-corrected chi connectivity index (χ4v) is 3.11. The predicted molar refractivity (Wildman–Crippen MR) is 114 cm³/mol. The van der Waals surface area contributed by atoms with E-state index < -0.39 is 0 Å². The molecule has 1 fully saturated rings. The summed E-state index contributed by atoms with van der Waals surface area (Å²) in [6.07, 6.45) is 5.74. The zero-order valence-corrected chi connectivity index (χ0v) is 17.1. The molecule has 1 atom stereocenters. The van der Waals surface area contributed by atoms with Crippen LogP contribution in [0.15, 0.2) is 49.3 Å². The van der Waals surface area contributed by atoms with Crippen LogP contribution in [0.4, 0.5) is 11.6 Å². The van der Waals surface area contributed by atoms with Crippen molar-refractivity contribution in [1.82, 2.24) is 14.9 Å². The molecule has 0 saturated carbocycles. The fraction of sp³-hybridized carbons (Fsp3) is 0.364. The molecule has 1 aromatic heterocycles. The zero-order chi connectivity index (χ0) is 21.0. The van der Waals surface area contributed by atoms with Crippen LogP contribution in [0.2, 0.25) is 0 Å². The van der Waals surface area contributed by atoms with Gasteiger partial charge in [-0.3, -0.25) is 9.59 Å². The Morgan fingerprint density at radius 3 is 2.41 bits per heavy atom. The minimum absolute atomic E-state index is 0.0130. The highest BCUT2D eigenvalue weighted by Gasteiger charge is 2.27. The van der Waals surface area contributed by atoms with Crippen molar-refractivity contribution in [3.05, 3.63) is 60.4 Å². The van der Waals surface area contributed by atoms with Crippen LogP contribution in [-0.2, 0) is 10.2 Å². The summed E-state index contributed by atoms with van der Waals surface area (Å²) in [5.41, 5.74) is 2.31. The van der Waals surface area contributed by atoms with E-state index in [9.17, 15) is 9.59 Å². The summed E-state index contributed by atoms with van der Waals surface area (Å²) in [6, 6.07) is 6.98. The SMILES string of the molecule is C=CC(=O)Nc1ccc(C(=O)N2CC[C@@H](Nc3ncc(C(C)(C)C)cn3)C2)cc1. The third kappa shape index (κ3) is 5.19. The highest BCUT2D eigenvalue weighted by Crippen LogP contribution is 2.22. The number of likely N-dealkylation sites (tertiary alicyclic amines) is 1. The third-order valence-electron chi connectivity index (χ3n) is 4.91. The van der Waals surface area contributed by atoms with Gasteiger partial charge in [-0.25, -0.2) is 9.97 Å².